The van der Waals surface area contributed by atoms with Crippen molar-refractivity contribution in [3.8, 4) is 0 Å². The van der Waals surface area contributed by atoms with Crippen molar-refractivity contribution in [2.24, 2.45) is 5.10 Å². The lowest BCUT2D eigenvalue weighted by molar-refractivity contribution is 0.375. The number of hydrazone groups is 1. The highest BCUT2D eigenvalue weighted by atomic mass is 15.5. The second-order valence-electron chi connectivity index (χ2n) is 3.59. The van der Waals surface area contributed by atoms with Gasteiger partial charge in [0.25, 0.3) is 0 Å². The van der Waals surface area contributed by atoms with Gasteiger partial charge >= 0.3 is 0 Å². The van der Waals surface area contributed by atoms with Crippen LogP contribution in [-0.2, 0) is 0 Å². The van der Waals surface area contributed by atoms with Gasteiger partial charge in [0.2, 0.25) is 0 Å². The number of allylic oxidation sites excluding steroid dienone is 5. The largest absolute Gasteiger partial charge is 0.266 e. The average molecular weight is 218 g/mol. The molecule has 0 unspecified atom stereocenters. The van der Waals surface area contributed by atoms with Crippen LogP contribution < -0.4 is 0 Å². The summed E-state index contributed by atoms with van der Waals surface area (Å²) in [5.41, 5.74) is 2.04. The molecule has 0 saturated carbocycles. The standard InChI is InChI=1S/C14H22N2/c1-6-9-10-11-14(8-3)16(12-7-2)15-13(4)5/h6,8-11H,1,3,7,12H2,2,4-5H3/b10-9-,14-11+. The van der Waals surface area contributed by atoms with Crippen molar-refractivity contribution in [1.82, 2.24) is 5.01 Å². The van der Waals surface area contributed by atoms with E-state index >= 15 is 0 Å². The SMILES string of the molecule is C=C/C=C\C=C(/C=C)N(CCC)N=C(C)C. The number of rotatable bonds is 7. The minimum absolute atomic E-state index is 0.894. The topological polar surface area (TPSA) is 15.6 Å². The van der Waals surface area contributed by atoms with Gasteiger partial charge in [-0.15, -0.1) is 0 Å². The third-order valence-corrected chi connectivity index (χ3v) is 1.78. The molecule has 0 aliphatic heterocycles. The Morgan fingerprint density at radius 1 is 1.25 bits per heavy atom. The molecule has 0 aromatic rings. The first-order valence-electron chi connectivity index (χ1n) is 5.56. The van der Waals surface area contributed by atoms with Crippen LogP contribution in [0.2, 0.25) is 0 Å². The maximum atomic E-state index is 4.47. The van der Waals surface area contributed by atoms with Crippen LogP contribution in [0.4, 0.5) is 0 Å². The van der Waals surface area contributed by atoms with Gasteiger partial charge in [-0.05, 0) is 32.4 Å². The minimum atomic E-state index is 0.894. The minimum Gasteiger partial charge on any atom is -0.266 e. The summed E-state index contributed by atoms with van der Waals surface area (Å²) in [5.74, 6) is 0. The third kappa shape index (κ3) is 6.02. The van der Waals surface area contributed by atoms with E-state index in [9.17, 15) is 0 Å². The van der Waals surface area contributed by atoms with Crippen molar-refractivity contribution in [2.75, 3.05) is 6.54 Å². The van der Waals surface area contributed by atoms with E-state index in [1.54, 1.807) is 6.08 Å². The highest BCUT2D eigenvalue weighted by Crippen LogP contribution is 2.08. The van der Waals surface area contributed by atoms with E-state index in [0.717, 1.165) is 24.4 Å². The van der Waals surface area contributed by atoms with Gasteiger partial charge in [-0.3, -0.25) is 5.01 Å². The zero-order chi connectivity index (χ0) is 12.4. The van der Waals surface area contributed by atoms with Crippen molar-refractivity contribution < 1.29 is 0 Å². The Kier molecular flexibility index (Phi) is 7.86. The summed E-state index contributed by atoms with van der Waals surface area (Å²) < 4.78 is 0. The van der Waals surface area contributed by atoms with Gasteiger partial charge in [0, 0.05) is 12.3 Å². The zero-order valence-electron chi connectivity index (χ0n) is 10.6. The normalized spacial score (nSPS) is 11.3. The third-order valence-electron chi connectivity index (χ3n) is 1.78. The van der Waals surface area contributed by atoms with E-state index in [1.807, 2.05) is 43.2 Å². The summed E-state index contributed by atoms with van der Waals surface area (Å²) in [6, 6.07) is 0. The molecule has 0 aliphatic carbocycles. The maximum absolute atomic E-state index is 4.47. The molecule has 0 atom stereocenters. The fourth-order valence-corrected chi connectivity index (χ4v) is 1.18. The summed E-state index contributed by atoms with van der Waals surface area (Å²) >= 11 is 0. The molecule has 0 N–H and O–H groups in total. The molecule has 2 heteroatoms. The Balaban J connectivity index is 4.90. The predicted molar refractivity (Wildman–Crippen MR) is 73.4 cm³/mol. The first-order valence-corrected chi connectivity index (χ1v) is 5.56. The Hall–Kier alpha value is -1.57. The quantitative estimate of drug-likeness (QED) is 0.359. The molecule has 0 fully saturated rings. The molecule has 0 bridgehead atoms. The predicted octanol–water partition coefficient (Wildman–Crippen LogP) is 3.91. The van der Waals surface area contributed by atoms with Gasteiger partial charge in [0.15, 0.2) is 0 Å². The fraction of sp³-hybridized carbons (Fsp3) is 0.357. The van der Waals surface area contributed by atoms with Crippen LogP contribution in [0.3, 0.4) is 0 Å². The number of hydrogen-bond acceptors (Lipinski definition) is 2. The van der Waals surface area contributed by atoms with Gasteiger partial charge in [-0.2, -0.15) is 5.10 Å². The summed E-state index contributed by atoms with van der Waals surface area (Å²) in [6.07, 6.45) is 10.4. The molecule has 0 heterocycles. The lowest BCUT2D eigenvalue weighted by Gasteiger charge is -2.19. The molecule has 0 saturated heterocycles. The molecular weight excluding hydrogens is 196 g/mol. The molecule has 16 heavy (non-hydrogen) atoms. The molecular formula is C14H22N2. The van der Waals surface area contributed by atoms with E-state index in [0.29, 0.717) is 0 Å². The fourth-order valence-electron chi connectivity index (χ4n) is 1.18. The monoisotopic (exact) mass is 218 g/mol. The van der Waals surface area contributed by atoms with Gasteiger partial charge in [-0.25, -0.2) is 0 Å². The first-order chi connectivity index (χ1) is 7.65. The second kappa shape index (κ2) is 8.72. The van der Waals surface area contributed by atoms with E-state index in [2.05, 4.69) is 25.2 Å². The van der Waals surface area contributed by atoms with Crippen LogP contribution in [0, 0.1) is 0 Å². The Bertz CT molecular complexity index is 305. The van der Waals surface area contributed by atoms with Crippen LogP contribution in [0.1, 0.15) is 27.2 Å². The summed E-state index contributed by atoms with van der Waals surface area (Å²) in [5, 5.41) is 6.44. The van der Waals surface area contributed by atoms with Crippen molar-refractivity contribution in [1.29, 1.82) is 0 Å². The van der Waals surface area contributed by atoms with Crippen LogP contribution >= 0.6 is 0 Å². The summed E-state index contributed by atoms with van der Waals surface area (Å²) in [6.45, 7) is 14.4. The first kappa shape index (κ1) is 14.4. The Labute approximate surface area is 99.4 Å². The lowest BCUT2D eigenvalue weighted by atomic mass is 10.3. The highest BCUT2D eigenvalue weighted by Gasteiger charge is 2.02. The van der Waals surface area contributed by atoms with Crippen LogP contribution in [0.15, 0.2) is 54.3 Å². The highest BCUT2D eigenvalue weighted by molar-refractivity contribution is 5.78. The average Bonchev–Trinajstić information content (AvgIpc) is 2.23. The zero-order valence-corrected chi connectivity index (χ0v) is 10.6. The summed E-state index contributed by atoms with van der Waals surface area (Å²) in [4.78, 5) is 0. The second-order valence-corrected chi connectivity index (χ2v) is 3.59. The van der Waals surface area contributed by atoms with Gasteiger partial charge in [0.1, 0.15) is 0 Å². The lowest BCUT2D eigenvalue weighted by Crippen LogP contribution is -2.17. The van der Waals surface area contributed by atoms with Crippen LogP contribution in [0.25, 0.3) is 0 Å². The van der Waals surface area contributed by atoms with Crippen molar-refractivity contribution in [3.05, 3.63) is 49.2 Å². The van der Waals surface area contributed by atoms with Crippen molar-refractivity contribution >= 4 is 5.71 Å². The Morgan fingerprint density at radius 3 is 2.38 bits per heavy atom. The van der Waals surface area contributed by atoms with E-state index in [-0.39, 0.29) is 0 Å². The summed E-state index contributed by atoms with van der Waals surface area (Å²) in [7, 11) is 0. The molecule has 0 amide bonds. The number of hydrogen-bond donors (Lipinski definition) is 0. The molecule has 0 radical (unpaired) electrons. The molecule has 0 aromatic heterocycles. The smallest absolute Gasteiger partial charge is 0.0587 e. The van der Waals surface area contributed by atoms with Crippen LogP contribution in [0.5, 0.6) is 0 Å². The van der Waals surface area contributed by atoms with Gasteiger partial charge in [-0.1, -0.05) is 38.3 Å². The molecule has 0 aromatic carbocycles. The van der Waals surface area contributed by atoms with E-state index < -0.39 is 0 Å². The van der Waals surface area contributed by atoms with E-state index in [4.69, 9.17) is 0 Å². The van der Waals surface area contributed by atoms with Crippen LogP contribution in [-0.4, -0.2) is 17.3 Å². The van der Waals surface area contributed by atoms with Crippen molar-refractivity contribution in [2.45, 2.75) is 27.2 Å². The molecule has 0 aliphatic rings. The van der Waals surface area contributed by atoms with E-state index in [1.165, 1.54) is 0 Å². The molecule has 0 rings (SSSR count). The number of nitrogens with zero attached hydrogens (tertiary/aromatic N) is 2. The molecule has 0 spiro atoms. The maximum Gasteiger partial charge on any atom is 0.0587 e. The Morgan fingerprint density at radius 2 is 1.94 bits per heavy atom. The molecule has 88 valence electrons. The van der Waals surface area contributed by atoms with Gasteiger partial charge in [0.05, 0.1) is 5.70 Å². The van der Waals surface area contributed by atoms with Crippen molar-refractivity contribution in [3.63, 3.8) is 0 Å². The van der Waals surface area contributed by atoms with Gasteiger partial charge < -0.3 is 0 Å². The molecule has 2 nitrogen and oxygen atoms in total.